The number of rotatable bonds is 4. The van der Waals surface area contributed by atoms with Crippen LogP contribution >= 0.6 is 11.8 Å². The van der Waals surface area contributed by atoms with Crippen LogP contribution in [0.25, 0.3) is 6.08 Å². The number of hydrogen-bond acceptors (Lipinski definition) is 5. The Hall–Kier alpha value is -2.79. The second-order valence-electron chi connectivity index (χ2n) is 8.51. The molecule has 0 N–H and O–H groups in total. The first-order valence-corrected chi connectivity index (χ1v) is 12.2. The number of esters is 1. The Morgan fingerprint density at radius 1 is 1.16 bits per heavy atom. The third kappa shape index (κ3) is 3.79. The number of aliphatic imine (C=N–C) groups is 1. The van der Waals surface area contributed by atoms with Gasteiger partial charge >= 0.3 is 5.97 Å². The molecule has 1 saturated carbocycles. The molecule has 0 aromatic heterocycles. The molecule has 2 heterocycles. The molecule has 2 aromatic rings. The summed E-state index contributed by atoms with van der Waals surface area (Å²) in [6.07, 6.45) is 5.67. The minimum Gasteiger partial charge on any atom is -0.462 e. The third-order valence-electron chi connectivity index (χ3n) is 6.56. The summed E-state index contributed by atoms with van der Waals surface area (Å²) >= 11 is 1.47. The number of carbonyl (C=O) groups excluding carboxylic acids is 1. The van der Waals surface area contributed by atoms with Gasteiger partial charge in [-0.15, -0.1) is 0 Å². The second kappa shape index (κ2) is 8.99. The smallest absolute Gasteiger partial charge is 0.346 e. The van der Waals surface area contributed by atoms with Crippen molar-refractivity contribution in [3.63, 3.8) is 0 Å². The Labute approximate surface area is 194 Å². The summed E-state index contributed by atoms with van der Waals surface area (Å²) in [6, 6.07) is 21.5. The minimum atomic E-state index is -0.248. The fourth-order valence-electron chi connectivity index (χ4n) is 5.18. The molecule has 32 heavy (non-hydrogen) atoms. The molecule has 164 valence electrons. The summed E-state index contributed by atoms with van der Waals surface area (Å²) < 4.78 is 5.35. The molecule has 0 saturated heterocycles. The lowest BCUT2D eigenvalue weighted by Gasteiger charge is -2.46. The maximum Gasteiger partial charge on any atom is 0.346 e. The lowest BCUT2D eigenvalue weighted by molar-refractivity contribution is -0.137. The lowest BCUT2D eigenvalue weighted by atomic mass is 9.73. The number of benzene rings is 2. The van der Waals surface area contributed by atoms with Crippen LogP contribution in [-0.2, 0) is 9.53 Å². The first-order chi connectivity index (χ1) is 15.7. The van der Waals surface area contributed by atoms with Crippen LogP contribution in [-0.4, -0.2) is 28.7 Å². The van der Waals surface area contributed by atoms with Crippen molar-refractivity contribution in [2.75, 3.05) is 6.61 Å². The van der Waals surface area contributed by atoms with E-state index in [-0.39, 0.29) is 18.1 Å². The number of amidine groups is 1. The van der Waals surface area contributed by atoms with Gasteiger partial charge in [-0.05, 0) is 61.6 Å². The molecule has 1 aliphatic carbocycles. The molecule has 0 radical (unpaired) electrons. The van der Waals surface area contributed by atoms with Crippen molar-refractivity contribution in [1.29, 1.82) is 0 Å². The molecule has 1 fully saturated rings. The summed E-state index contributed by atoms with van der Waals surface area (Å²) in [5.41, 5.74) is 4.85. The van der Waals surface area contributed by atoms with Gasteiger partial charge in [-0.2, -0.15) is 0 Å². The van der Waals surface area contributed by atoms with E-state index in [9.17, 15) is 4.79 Å². The predicted octanol–water partition coefficient (Wildman–Crippen LogP) is 6.19. The zero-order chi connectivity index (χ0) is 22.1. The van der Waals surface area contributed by atoms with Crippen molar-refractivity contribution in [2.45, 2.75) is 45.2 Å². The van der Waals surface area contributed by atoms with Crippen LogP contribution in [0.1, 0.15) is 50.3 Å². The SMILES string of the molecule is CCOC(=O)C1=C(C)N2C(=N[C@@H]3/C(=C\c4ccccc4)CCC[C@@H]3[C@@H]2c2ccccc2)S1. The number of carbonyl (C=O) groups is 1. The van der Waals surface area contributed by atoms with Gasteiger partial charge in [-0.1, -0.05) is 66.7 Å². The van der Waals surface area contributed by atoms with E-state index in [0.717, 1.165) is 30.1 Å². The van der Waals surface area contributed by atoms with Crippen molar-refractivity contribution < 1.29 is 9.53 Å². The third-order valence-corrected chi connectivity index (χ3v) is 7.72. The van der Waals surface area contributed by atoms with E-state index in [1.807, 2.05) is 13.8 Å². The van der Waals surface area contributed by atoms with Gasteiger partial charge in [-0.25, -0.2) is 4.79 Å². The number of nitrogens with zero attached hydrogens (tertiary/aromatic N) is 2. The first kappa shape index (κ1) is 21.1. The van der Waals surface area contributed by atoms with Gasteiger partial charge in [0.05, 0.1) is 18.7 Å². The highest BCUT2D eigenvalue weighted by atomic mass is 32.2. The molecule has 5 heteroatoms. The molecule has 0 amide bonds. The van der Waals surface area contributed by atoms with Crippen molar-refractivity contribution in [1.82, 2.24) is 4.90 Å². The normalized spacial score (nSPS) is 25.9. The number of fused-ring (bicyclic) bond motifs is 2. The monoisotopic (exact) mass is 444 g/mol. The molecule has 0 bridgehead atoms. The molecule has 3 atom stereocenters. The first-order valence-electron chi connectivity index (χ1n) is 11.4. The van der Waals surface area contributed by atoms with Crippen molar-refractivity contribution >= 4 is 29.0 Å². The van der Waals surface area contributed by atoms with Gasteiger partial charge in [0.25, 0.3) is 0 Å². The number of hydrogen-bond donors (Lipinski definition) is 0. The Morgan fingerprint density at radius 2 is 1.88 bits per heavy atom. The van der Waals surface area contributed by atoms with Crippen molar-refractivity contribution in [2.24, 2.45) is 10.9 Å². The van der Waals surface area contributed by atoms with E-state index >= 15 is 0 Å². The Balaban J connectivity index is 1.60. The Bertz CT molecular complexity index is 1090. The zero-order valence-corrected chi connectivity index (χ0v) is 19.3. The van der Waals surface area contributed by atoms with Gasteiger partial charge in [-0.3, -0.25) is 4.99 Å². The van der Waals surface area contributed by atoms with Crippen LogP contribution in [0, 0.1) is 5.92 Å². The quantitative estimate of drug-likeness (QED) is 0.527. The predicted molar refractivity (Wildman–Crippen MR) is 131 cm³/mol. The van der Waals surface area contributed by atoms with Crippen LogP contribution < -0.4 is 0 Å². The summed E-state index contributed by atoms with van der Waals surface area (Å²) in [6.45, 7) is 4.25. The standard InChI is InChI=1S/C27H28N2O2S/c1-3-31-26(30)25-18(2)29-24(20-13-8-5-9-14-20)22-16-10-15-21(23(22)28-27(29)32-25)17-19-11-6-4-7-12-19/h4-9,11-14,17,22-24H,3,10,15-16H2,1-2H3/b21-17-/t22-,23+,24-/m0/s1. The fourth-order valence-corrected chi connectivity index (χ4v) is 6.26. The zero-order valence-electron chi connectivity index (χ0n) is 18.5. The minimum absolute atomic E-state index is 0.127. The van der Waals surface area contributed by atoms with Crippen LogP contribution in [0.4, 0.5) is 0 Å². The average molecular weight is 445 g/mol. The number of allylic oxidation sites excluding steroid dienone is 1. The van der Waals surface area contributed by atoms with Crippen LogP contribution in [0.3, 0.4) is 0 Å². The van der Waals surface area contributed by atoms with Gasteiger partial charge < -0.3 is 9.64 Å². The Morgan fingerprint density at radius 3 is 2.59 bits per heavy atom. The molecule has 2 aromatic carbocycles. The molecular formula is C27H28N2O2S. The van der Waals surface area contributed by atoms with E-state index < -0.39 is 0 Å². The highest BCUT2D eigenvalue weighted by Gasteiger charge is 2.47. The number of thioether (sulfide) groups is 1. The average Bonchev–Trinajstić information content (AvgIpc) is 3.15. The summed E-state index contributed by atoms with van der Waals surface area (Å²) in [4.78, 5) is 20.9. The molecular weight excluding hydrogens is 416 g/mol. The van der Waals surface area contributed by atoms with E-state index in [1.54, 1.807) is 0 Å². The van der Waals surface area contributed by atoms with Crippen LogP contribution in [0.2, 0.25) is 0 Å². The van der Waals surface area contributed by atoms with Crippen LogP contribution in [0.15, 0.2) is 81.8 Å². The second-order valence-corrected chi connectivity index (χ2v) is 9.48. The molecule has 5 rings (SSSR count). The molecule has 0 unspecified atom stereocenters. The van der Waals surface area contributed by atoms with Gasteiger partial charge in [0.1, 0.15) is 4.91 Å². The maximum atomic E-state index is 12.7. The van der Waals surface area contributed by atoms with E-state index in [0.29, 0.717) is 17.4 Å². The topological polar surface area (TPSA) is 41.9 Å². The van der Waals surface area contributed by atoms with E-state index in [1.165, 1.54) is 28.5 Å². The highest BCUT2D eigenvalue weighted by molar-refractivity contribution is 8.18. The summed E-state index contributed by atoms with van der Waals surface area (Å²) in [7, 11) is 0. The number of ether oxygens (including phenoxy) is 1. The fraction of sp³-hybridized carbons (Fsp3) is 0.333. The van der Waals surface area contributed by atoms with Crippen molar-refractivity contribution in [3.8, 4) is 0 Å². The summed E-state index contributed by atoms with van der Waals surface area (Å²) in [5, 5.41) is 0.918. The van der Waals surface area contributed by atoms with Crippen LogP contribution in [0.5, 0.6) is 0 Å². The van der Waals surface area contributed by atoms with E-state index in [2.05, 4.69) is 71.6 Å². The van der Waals surface area contributed by atoms with E-state index in [4.69, 9.17) is 9.73 Å². The van der Waals surface area contributed by atoms with Gasteiger partial charge in [0, 0.05) is 11.6 Å². The van der Waals surface area contributed by atoms with Gasteiger partial charge in [0.15, 0.2) is 5.17 Å². The largest absolute Gasteiger partial charge is 0.462 e. The van der Waals surface area contributed by atoms with Crippen molar-refractivity contribution in [3.05, 3.63) is 88.0 Å². The molecule has 4 nitrogen and oxygen atoms in total. The highest BCUT2D eigenvalue weighted by Crippen LogP contribution is 2.52. The summed E-state index contributed by atoms with van der Waals surface area (Å²) in [5.74, 6) is 0.115. The maximum absolute atomic E-state index is 12.7. The lowest BCUT2D eigenvalue weighted by Crippen LogP contribution is -2.45. The molecule has 3 aliphatic rings. The van der Waals surface area contributed by atoms with Gasteiger partial charge in [0.2, 0.25) is 0 Å². The molecule has 0 spiro atoms. The Kier molecular flexibility index (Phi) is 5.92. The molecule has 2 aliphatic heterocycles.